The number of rotatable bonds is 0. The zero-order valence-corrected chi connectivity index (χ0v) is 8.45. The van der Waals surface area contributed by atoms with Crippen molar-refractivity contribution in [2.75, 3.05) is 5.84 Å². The van der Waals surface area contributed by atoms with Gasteiger partial charge in [-0.15, -0.1) is 0 Å². The first-order valence-electron chi connectivity index (χ1n) is 4.79. The van der Waals surface area contributed by atoms with E-state index in [1.165, 1.54) is 18.2 Å². The number of H-pyrrole nitrogens is 2. The van der Waals surface area contributed by atoms with E-state index in [9.17, 15) is 14.0 Å². The molecular formula is C10H7FN4O2. The van der Waals surface area contributed by atoms with Gasteiger partial charge in [0, 0.05) is 10.9 Å². The van der Waals surface area contributed by atoms with E-state index in [2.05, 4.69) is 9.97 Å². The van der Waals surface area contributed by atoms with Crippen LogP contribution in [0.5, 0.6) is 0 Å². The summed E-state index contributed by atoms with van der Waals surface area (Å²) in [5, 5.41) is 0.440. The number of benzene rings is 1. The fourth-order valence-electron chi connectivity index (χ4n) is 1.83. The lowest BCUT2D eigenvalue weighted by molar-refractivity contribution is 0.630. The molecule has 0 saturated carbocycles. The number of nitrogen functional groups attached to an aromatic ring is 1. The van der Waals surface area contributed by atoms with Crippen LogP contribution in [0.25, 0.3) is 21.9 Å². The summed E-state index contributed by atoms with van der Waals surface area (Å²) in [6.07, 6.45) is 0. The number of nitrogens with one attached hydrogen (secondary N) is 2. The van der Waals surface area contributed by atoms with Gasteiger partial charge in [0.2, 0.25) is 0 Å². The van der Waals surface area contributed by atoms with Gasteiger partial charge >= 0.3 is 5.69 Å². The average molecular weight is 234 g/mol. The molecule has 0 radical (unpaired) electrons. The quantitative estimate of drug-likeness (QED) is 0.478. The lowest BCUT2D eigenvalue weighted by atomic mass is 10.2. The molecule has 7 heteroatoms. The Hall–Kier alpha value is -2.57. The zero-order valence-electron chi connectivity index (χ0n) is 8.45. The SMILES string of the molecule is Nn1c(=O)[nH]c2c([nH]c3ccc(F)cc32)c1=O. The van der Waals surface area contributed by atoms with Crippen molar-refractivity contribution in [3.8, 4) is 0 Å². The summed E-state index contributed by atoms with van der Waals surface area (Å²) >= 11 is 0. The van der Waals surface area contributed by atoms with Crippen LogP contribution in [-0.4, -0.2) is 14.6 Å². The largest absolute Gasteiger partial charge is 0.349 e. The first kappa shape index (κ1) is 9.64. The normalized spacial score (nSPS) is 11.4. The van der Waals surface area contributed by atoms with Crippen LogP contribution in [0.2, 0.25) is 0 Å². The molecule has 6 nitrogen and oxygen atoms in total. The molecule has 2 heterocycles. The molecule has 3 aromatic rings. The Kier molecular flexibility index (Phi) is 1.68. The van der Waals surface area contributed by atoms with Crippen LogP contribution in [0.4, 0.5) is 4.39 Å². The predicted molar refractivity (Wildman–Crippen MR) is 60.8 cm³/mol. The molecule has 4 N–H and O–H groups in total. The average Bonchev–Trinajstić information content (AvgIpc) is 2.65. The second-order valence-corrected chi connectivity index (χ2v) is 3.67. The predicted octanol–water partition coefficient (Wildman–Crippen LogP) is 0.0240. The van der Waals surface area contributed by atoms with Gasteiger partial charge in [0.05, 0.1) is 5.52 Å². The van der Waals surface area contributed by atoms with Crippen LogP contribution in [0.15, 0.2) is 27.8 Å². The van der Waals surface area contributed by atoms with Crippen molar-refractivity contribution in [1.29, 1.82) is 0 Å². The number of aromatic amines is 2. The van der Waals surface area contributed by atoms with Crippen LogP contribution in [0, 0.1) is 5.82 Å². The van der Waals surface area contributed by atoms with Crippen LogP contribution >= 0.6 is 0 Å². The van der Waals surface area contributed by atoms with Gasteiger partial charge in [0.1, 0.15) is 11.3 Å². The van der Waals surface area contributed by atoms with E-state index in [0.717, 1.165) is 0 Å². The Morgan fingerprint density at radius 3 is 2.71 bits per heavy atom. The lowest BCUT2D eigenvalue weighted by Crippen LogP contribution is -2.40. The topological polar surface area (TPSA) is 96.7 Å². The van der Waals surface area contributed by atoms with Gasteiger partial charge in [0.25, 0.3) is 5.56 Å². The van der Waals surface area contributed by atoms with Gasteiger partial charge in [-0.1, -0.05) is 0 Å². The summed E-state index contributed by atoms with van der Waals surface area (Å²) < 4.78 is 13.6. The van der Waals surface area contributed by atoms with E-state index >= 15 is 0 Å². The molecule has 0 aliphatic rings. The minimum absolute atomic E-state index is 0.146. The third-order valence-corrected chi connectivity index (χ3v) is 2.64. The zero-order chi connectivity index (χ0) is 12.2. The number of fused-ring (bicyclic) bond motifs is 3. The molecule has 0 aliphatic carbocycles. The van der Waals surface area contributed by atoms with Gasteiger partial charge in [-0.05, 0) is 18.2 Å². The molecule has 0 fully saturated rings. The Bertz CT molecular complexity index is 858. The number of hydrogen-bond donors (Lipinski definition) is 3. The minimum Gasteiger partial charge on any atom is -0.349 e. The van der Waals surface area contributed by atoms with E-state index in [1.807, 2.05) is 0 Å². The van der Waals surface area contributed by atoms with Gasteiger partial charge in [-0.2, -0.15) is 4.68 Å². The van der Waals surface area contributed by atoms with Crippen LogP contribution in [-0.2, 0) is 0 Å². The van der Waals surface area contributed by atoms with Crippen LogP contribution in [0.3, 0.4) is 0 Å². The molecule has 0 spiro atoms. The summed E-state index contributed by atoms with van der Waals surface area (Å²) in [4.78, 5) is 28.3. The molecule has 0 amide bonds. The molecule has 0 aliphatic heterocycles. The van der Waals surface area contributed by atoms with E-state index in [0.29, 0.717) is 15.6 Å². The molecule has 3 rings (SSSR count). The highest BCUT2D eigenvalue weighted by Crippen LogP contribution is 2.21. The Balaban J connectivity index is 2.67. The monoisotopic (exact) mass is 234 g/mol. The van der Waals surface area contributed by atoms with Gasteiger partial charge in [0.15, 0.2) is 0 Å². The van der Waals surface area contributed by atoms with Crippen molar-refractivity contribution in [2.24, 2.45) is 0 Å². The van der Waals surface area contributed by atoms with Gasteiger partial charge < -0.3 is 15.8 Å². The summed E-state index contributed by atoms with van der Waals surface area (Å²) in [6.45, 7) is 0. The second-order valence-electron chi connectivity index (χ2n) is 3.67. The number of aromatic nitrogens is 3. The maximum Gasteiger partial charge on any atom is 0.347 e. The summed E-state index contributed by atoms with van der Waals surface area (Å²) in [5.74, 6) is 4.82. The molecule has 1 aromatic carbocycles. The van der Waals surface area contributed by atoms with E-state index < -0.39 is 17.1 Å². The molecule has 0 bridgehead atoms. The first-order valence-corrected chi connectivity index (χ1v) is 4.79. The molecule has 0 unspecified atom stereocenters. The molecule has 17 heavy (non-hydrogen) atoms. The molecule has 0 atom stereocenters. The van der Waals surface area contributed by atoms with Crippen molar-refractivity contribution in [2.45, 2.75) is 0 Å². The van der Waals surface area contributed by atoms with E-state index in [-0.39, 0.29) is 11.0 Å². The number of hydrogen-bond acceptors (Lipinski definition) is 3. The van der Waals surface area contributed by atoms with Crippen molar-refractivity contribution < 1.29 is 4.39 Å². The van der Waals surface area contributed by atoms with E-state index in [4.69, 9.17) is 5.84 Å². The van der Waals surface area contributed by atoms with Crippen molar-refractivity contribution >= 4 is 21.9 Å². The van der Waals surface area contributed by atoms with E-state index in [1.54, 1.807) is 0 Å². The fourth-order valence-corrected chi connectivity index (χ4v) is 1.83. The van der Waals surface area contributed by atoms with Gasteiger partial charge in [-0.25, -0.2) is 9.18 Å². The van der Waals surface area contributed by atoms with Crippen molar-refractivity contribution in [3.63, 3.8) is 0 Å². The third-order valence-electron chi connectivity index (χ3n) is 2.64. The number of nitrogens with two attached hydrogens (primary N) is 1. The smallest absolute Gasteiger partial charge is 0.347 e. The van der Waals surface area contributed by atoms with Crippen LogP contribution in [0.1, 0.15) is 0 Å². The Morgan fingerprint density at radius 2 is 1.94 bits per heavy atom. The Labute approximate surface area is 92.5 Å². The first-order chi connectivity index (χ1) is 8.08. The number of halogens is 1. The lowest BCUT2D eigenvalue weighted by Gasteiger charge is -1.95. The maximum atomic E-state index is 13.1. The third kappa shape index (κ3) is 1.19. The summed E-state index contributed by atoms with van der Waals surface area (Å²) in [7, 11) is 0. The highest BCUT2D eigenvalue weighted by molar-refractivity contribution is 6.04. The van der Waals surface area contributed by atoms with Crippen molar-refractivity contribution in [1.82, 2.24) is 14.6 Å². The summed E-state index contributed by atoms with van der Waals surface area (Å²) in [5.41, 5.74) is -0.433. The summed E-state index contributed by atoms with van der Waals surface area (Å²) in [6, 6.07) is 3.99. The Morgan fingerprint density at radius 1 is 1.18 bits per heavy atom. The molecule has 86 valence electrons. The highest BCUT2D eigenvalue weighted by Gasteiger charge is 2.11. The number of nitrogens with zero attached hydrogens (tertiary/aromatic N) is 1. The highest BCUT2D eigenvalue weighted by atomic mass is 19.1. The standard InChI is InChI=1S/C10H7FN4O2/c11-4-1-2-6-5(3-4)7-8(13-6)9(16)15(12)10(17)14-7/h1-3,13H,12H2,(H,14,17). The van der Waals surface area contributed by atoms with Crippen molar-refractivity contribution in [3.05, 3.63) is 44.9 Å². The fraction of sp³-hybridized carbons (Fsp3) is 0. The maximum absolute atomic E-state index is 13.1. The minimum atomic E-state index is -0.743. The van der Waals surface area contributed by atoms with Crippen LogP contribution < -0.4 is 17.1 Å². The van der Waals surface area contributed by atoms with Gasteiger partial charge in [-0.3, -0.25) is 4.79 Å². The second kappa shape index (κ2) is 2.97. The molecule has 0 saturated heterocycles. The molecule has 2 aromatic heterocycles. The molecular weight excluding hydrogens is 227 g/mol.